The van der Waals surface area contributed by atoms with Crippen LogP contribution >= 0.6 is 0 Å². The fraction of sp³-hybridized carbons (Fsp3) is 0.500. The molecule has 11 heavy (non-hydrogen) atoms. The molecule has 0 aliphatic heterocycles. The first-order valence-corrected chi connectivity index (χ1v) is 7.35. The van der Waals surface area contributed by atoms with Crippen LogP contribution in [0.15, 0.2) is 22.8 Å². The van der Waals surface area contributed by atoms with E-state index in [9.17, 15) is 0 Å². The quantitative estimate of drug-likeness (QED) is 0.702. The SMILES string of the molecule is C[Si](C)(C)NCc1ccco1. The van der Waals surface area contributed by atoms with Crippen LogP contribution in [0.5, 0.6) is 0 Å². The molecule has 1 aromatic heterocycles. The van der Waals surface area contributed by atoms with Gasteiger partial charge in [-0.05, 0) is 12.1 Å². The van der Waals surface area contributed by atoms with Crippen molar-refractivity contribution in [1.29, 1.82) is 0 Å². The van der Waals surface area contributed by atoms with Gasteiger partial charge < -0.3 is 9.40 Å². The smallest absolute Gasteiger partial charge is 0.116 e. The first-order chi connectivity index (χ1) is 5.08. The van der Waals surface area contributed by atoms with Crippen molar-refractivity contribution in [2.45, 2.75) is 26.2 Å². The summed E-state index contributed by atoms with van der Waals surface area (Å²) < 4.78 is 5.19. The van der Waals surface area contributed by atoms with Crippen molar-refractivity contribution >= 4 is 8.24 Å². The van der Waals surface area contributed by atoms with Crippen molar-refractivity contribution in [3.8, 4) is 0 Å². The van der Waals surface area contributed by atoms with E-state index in [4.69, 9.17) is 4.42 Å². The third-order valence-electron chi connectivity index (χ3n) is 1.37. The Morgan fingerprint density at radius 3 is 2.64 bits per heavy atom. The van der Waals surface area contributed by atoms with E-state index in [1.165, 1.54) is 0 Å². The van der Waals surface area contributed by atoms with Crippen LogP contribution in [0.3, 0.4) is 0 Å². The first kappa shape index (κ1) is 8.55. The Kier molecular flexibility index (Phi) is 2.52. The summed E-state index contributed by atoms with van der Waals surface area (Å²) in [5.41, 5.74) is 0. The van der Waals surface area contributed by atoms with Gasteiger partial charge in [0.2, 0.25) is 0 Å². The van der Waals surface area contributed by atoms with Crippen LogP contribution < -0.4 is 4.98 Å². The number of nitrogens with one attached hydrogen (secondary N) is 1. The van der Waals surface area contributed by atoms with E-state index in [0.717, 1.165) is 12.3 Å². The van der Waals surface area contributed by atoms with E-state index in [1.807, 2.05) is 12.1 Å². The molecule has 0 radical (unpaired) electrons. The Labute approximate surface area is 68.7 Å². The van der Waals surface area contributed by atoms with Gasteiger partial charge in [0.05, 0.1) is 6.26 Å². The molecule has 1 aromatic rings. The maximum atomic E-state index is 5.19. The van der Waals surface area contributed by atoms with Crippen molar-refractivity contribution in [1.82, 2.24) is 4.98 Å². The topological polar surface area (TPSA) is 25.2 Å². The Bertz CT molecular complexity index is 200. The number of furan rings is 1. The third kappa shape index (κ3) is 3.39. The molecule has 0 aromatic carbocycles. The largest absolute Gasteiger partial charge is 0.468 e. The van der Waals surface area contributed by atoms with Gasteiger partial charge >= 0.3 is 0 Å². The summed E-state index contributed by atoms with van der Waals surface area (Å²) in [5.74, 6) is 1.02. The molecule has 62 valence electrons. The predicted molar refractivity (Wildman–Crippen MR) is 48.9 cm³/mol. The van der Waals surface area contributed by atoms with Crippen molar-refractivity contribution in [2.75, 3.05) is 0 Å². The summed E-state index contributed by atoms with van der Waals surface area (Å²) in [6.45, 7) is 7.69. The van der Waals surface area contributed by atoms with Gasteiger partial charge in [0.1, 0.15) is 14.0 Å². The van der Waals surface area contributed by atoms with E-state index in [2.05, 4.69) is 24.6 Å². The summed E-state index contributed by atoms with van der Waals surface area (Å²) in [4.78, 5) is 3.47. The second kappa shape index (κ2) is 3.24. The minimum absolute atomic E-state index is 0.864. The fourth-order valence-corrected chi connectivity index (χ4v) is 1.47. The van der Waals surface area contributed by atoms with E-state index < -0.39 is 8.24 Å². The highest BCUT2D eigenvalue weighted by Crippen LogP contribution is 2.02. The average Bonchev–Trinajstić information content (AvgIpc) is 2.32. The number of hydrogen-bond donors (Lipinski definition) is 1. The van der Waals surface area contributed by atoms with Crippen LogP contribution in [-0.4, -0.2) is 8.24 Å². The van der Waals surface area contributed by atoms with E-state index in [1.54, 1.807) is 6.26 Å². The van der Waals surface area contributed by atoms with Gasteiger partial charge in [-0.1, -0.05) is 19.6 Å². The van der Waals surface area contributed by atoms with Crippen LogP contribution in [-0.2, 0) is 6.54 Å². The molecular weight excluding hydrogens is 154 g/mol. The van der Waals surface area contributed by atoms with Gasteiger partial charge in [0.25, 0.3) is 0 Å². The van der Waals surface area contributed by atoms with Gasteiger partial charge in [-0.15, -0.1) is 0 Å². The number of rotatable bonds is 3. The molecular formula is C8H15NOSi. The zero-order chi connectivity index (χ0) is 8.32. The molecule has 2 nitrogen and oxygen atoms in total. The normalized spacial score (nSPS) is 11.9. The maximum Gasteiger partial charge on any atom is 0.116 e. The Morgan fingerprint density at radius 1 is 1.45 bits per heavy atom. The fourth-order valence-electron chi connectivity index (χ4n) is 0.765. The highest BCUT2D eigenvalue weighted by molar-refractivity contribution is 6.73. The molecule has 1 heterocycles. The van der Waals surface area contributed by atoms with Crippen molar-refractivity contribution in [2.24, 2.45) is 0 Å². The number of hydrogen-bond acceptors (Lipinski definition) is 2. The first-order valence-electron chi connectivity index (χ1n) is 3.85. The molecule has 0 aliphatic rings. The van der Waals surface area contributed by atoms with Crippen molar-refractivity contribution in [3.05, 3.63) is 24.2 Å². The second-order valence-corrected chi connectivity index (χ2v) is 8.54. The summed E-state index contributed by atoms with van der Waals surface area (Å²) in [6.07, 6.45) is 1.71. The highest BCUT2D eigenvalue weighted by Gasteiger charge is 2.11. The van der Waals surface area contributed by atoms with Gasteiger partial charge in [-0.2, -0.15) is 0 Å². The summed E-state index contributed by atoms with van der Waals surface area (Å²) in [6, 6.07) is 3.91. The lowest BCUT2D eigenvalue weighted by Crippen LogP contribution is -2.40. The molecule has 0 fully saturated rings. The average molecular weight is 169 g/mol. The second-order valence-electron chi connectivity index (χ2n) is 3.68. The molecule has 0 saturated heterocycles. The maximum absolute atomic E-state index is 5.19. The van der Waals surface area contributed by atoms with E-state index >= 15 is 0 Å². The molecule has 0 aliphatic carbocycles. The van der Waals surface area contributed by atoms with Gasteiger partial charge in [-0.3, -0.25) is 0 Å². The minimum Gasteiger partial charge on any atom is -0.468 e. The third-order valence-corrected chi connectivity index (χ3v) is 2.61. The monoisotopic (exact) mass is 169 g/mol. The summed E-state index contributed by atoms with van der Waals surface area (Å²) in [7, 11) is -1.12. The summed E-state index contributed by atoms with van der Waals surface area (Å²) in [5, 5.41) is 0. The molecule has 0 unspecified atom stereocenters. The molecule has 3 heteroatoms. The lowest BCUT2D eigenvalue weighted by atomic mass is 10.5. The molecule has 0 amide bonds. The molecule has 1 N–H and O–H groups in total. The summed E-state index contributed by atoms with van der Waals surface area (Å²) >= 11 is 0. The Hall–Kier alpha value is -0.543. The van der Waals surface area contributed by atoms with E-state index in [-0.39, 0.29) is 0 Å². The predicted octanol–water partition coefficient (Wildman–Crippen LogP) is 2.20. The van der Waals surface area contributed by atoms with Gasteiger partial charge in [0, 0.05) is 6.54 Å². The zero-order valence-electron chi connectivity index (χ0n) is 7.35. The molecule has 1 rings (SSSR count). The van der Waals surface area contributed by atoms with Crippen LogP contribution in [0, 0.1) is 0 Å². The minimum atomic E-state index is -1.12. The zero-order valence-corrected chi connectivity index (χ0v) is 8.35. The highest BCUT2D eigenvalue weighted by atomic mass is 28.3. The van der Waals surface area contributed by atoms with Crippen molar-refractivity contribution < 1.29 is 4.42 Å². The van der Waals surface area contributed by atoms with Crippen LogP contribution in [0.2, 0.25) is 19.6 Å². The van der Waals surface area contributed by atoms with Gasteiger partial charge in [-0.25, -0.2) is 0 Å². The standard InChI is InChI=1S/C8H15NOSi/c1-11(2,3)9-7-8-5-4-6-10-8/h4-6,9H,7H2,1-3H3. The molecule has 0 bridgehead atoms. The van der Waals surface area contributed by atoms with Crippen LogP contribution in [0.25, 0.3) is 0 Å². The molecule has 0 spiro atoms. The lowest BCUT2D eigenvalue weighted by Gasteiger charge is -2.16. The molecule has 0 saturated carbocycles. The van der Waals surface area contributed by atoms with Crippen molar-refractivity contribution in [3.63, 3.8) is 0 Å². The lowest BCUT2D eigenvalue weighted by molar-refractivity contribution is 0.503. The van der Waals surface area contributed by atoms with E-state index in [0.29, 0.717) is 0 Å². The Balaban J connectivity index is 2.35. The van der Waals surface area contributed by atoms with Crippen LogP contribution in [0.4, 0.5) is 0 Å². The van der Waals surface area contributed by atoms with Gasteiger partial charge in [0.15, 0.2) is 0 Å². The molecule has 0 atom stereocenters. The van der Waals surface area contributed by atoms with Crippen LogP contribution in [0.1, 0.15) is 5.76 Å². The Morgan fingerprint density at radius 2 is 2.18 bits per heavy atom.